The highest BCUT2D eigenvalue weighted by molar-refractivity contribution is 7.92. The molecule has 0 amide bonds. The number of benzene rings is 2. The summed E-state index contributed by atoms with van der Waals surface area (Å²) in [5.74, 6) is 0. The Balaban J connectivity index is 1.80. The maximum Gasteiger partial charge on any atom is 0.189 e. The Morgan fingerprint density at radius 3 is 2.69 bits per heavy atom. The van der Waals surface area contributed by atoms with Gasteiger partial charge < -0.3 is 0 Å². The Hall–Kier alpha value is -2.50. The maximum absolute atomic E-state index is 13.3. The molecule has 1 atom stereocenters. The Labute approximate surface area is 155 Å². The van der Waals surface area contributed by atoms with Crippen LogP contribution in [0.1, 0.15) is 4.88 Å². The van der Waals surface area contributed by atoms with Crippen LogP contribution in [0.2, 0.25) is 0 Å². The average Bonchev–Trinajstić information content (AvgIpc) is 3.18. The monoisotopic (exact) mass is 377 g/mol. The van der Waals surface area contributed by atoms with Gasteiger partial charge in [0, 0.05) is 20.4 Å². The third-order valence-corrected chi connectivity index (χ3v) is 7.80. The predicted molar refractivity (Wildman–Crippen MR) is 105 cm³/mol. The van der Waals surface area contributed by atoms with Crippen LogP contribution in [0.5, 0.6) is 0 Å². The summed E-state index contributed by atoms with van der Waals surface area (Å²) in [6.07, 6.45) is 5.45. The molecular weight excluding hydrogens is 362 g/mol. The van der Waals surface area contributed by atoms with Crippen LogP contribution < -0.4 is 10.6 Å². The lowest BCUT2D eigenvalue weighted by Gasteiger charge is -2.19. The van der Waals surface area contributed by atoms with Crippen molar-refractivity contribution in [3.8, 4) is 0 Å². The molecule has 3 nitrogen and oxygen atoms in total. The number of rotatable bonds is 2. The minimum Gasteiger partial charge on any atom is -0.248 e. The first-order valence-electron chi connectivity index (χ1n) is 8.35. The van der Waals surface area contributed by atoms with Crippen molar-refractivity contribution >= 4 is 36.8 Å². The number of allylic oxidation sites excluding steroid dienone is 3. The van der Waals surface area contributed by atoms with Gasteiger partial charge in [-0.25, -0.2) is 13.4 Å². The molecule has 2 aromatic carbocycles. The molecule has 0 fully saturated rings. The summed E-state index contributed by atoms with van der Waals surface area (Å²) in [7, 11) is -3.53. The minimum atomic E-state index is -3.53. The summed E-state index contributed by atoms with van der Waals surface area (Å²) in [4.78, 5) is 6.28. The molecule has 0 saturated heterocycles. The summed E-state index contributed by atoms with van der Waals surface area (Å²) < 4.78 is 27.7. The van der Waals surface area contributed by atoms with Gasteiger partial charge >= 0.3 is 0 Å². The number of fused-ring (bicyclic) bond motifs is 3. The molecular formula is C21H15NO2S2. The molecule has 0 bridgehead atoms. The quantitative estimate of drug-likeness (QED) is 0.688. The van der Waals surface area contributed by atoms with E-state index in [9.17, 15) is 8.42 Å². The summed E-state index contributed by atoms with van der Waals surface area (Å²) in [5, 5.41) is 2.23. The van der Waals surface area contributed by atoms with Crippen LogP contribution in [-0.4, -0.2) is 13.7 Å². The van der Waals surface area contributed by atoms with E-state index in [-0.39, 0.29) is 0 Å². The second-order valence-corrected chi connectivity index (χ2v) is 9.86. The number of hydrogen-bond donors (Lipinski definition) is 0. The molecule has 0 spiro atoms. The molecule has 128 valence electrons. The number of nitrogens with zero attached hydrogens (tertiary/aromatic N) is 1. The predicted octanol–water partition coefficient (Wildman–Crippen LogP) is 3.29. The molecule has 3 aromatic rings. The fourth-order valence-corrected chi connectivity index (χ4v) is 6.26. The summed E-state index contributed by atoms with van der Waals surface area (Å²) in [6.45, 7) is 2.08. The van der Waals surface area contributed by atoms with E-state index >= 15 is 0 Å². The Kier molecular flexibility index (Phi) is 3.33. The summed E-state index contributed by atoms with van der Waals surface area (Å²) in [6, 6.07) is 14.9. The van der Waals surface area contributed by atoms with Gasteiger partial charge in [-0.15, -0.1) is 11.3 Å². The first-order valence-corrected chi connectivity index (χ1v) is 10.7. The van der Waals surface area contributed by atoms with E-state index in [4.69, 9.17) is 4.99 Å². The summed E-state index contributed by atoms with van der Waals surface area (Å²) >= 11 is 1.72. The Bertz CT molecular complexity index is 1340. The van der Waals surface area contributed by atoms with Gasteiger partial charge in [0.25, 0.3) is 0 Å². The number of hydrogen-bond acceptors (Lipinski definition) is 4. The molecule has 1 aromatic heterocycles. The molecule has 1 aliphatic heterocycles. The largest absolute Gasteiger partial charge is 0.248 e. The third-order valence-electron chi connectivity index (χ3n) is 4.80. The second-order valence-electron chi connectivity index (χ2n) is 6.51. The zero-order chi connectivity index (χ0) is 17.9. The van der Waals surface area contributed by atoms with Crippen molar-refractivity contribution in [1.29, 1.82) is 0 Å². The number of thiophene rings is 1. The highest BCUT2D eigenvalue weighted by Gasteiger charge is 2.34. The van der Waals surface area contributed by atoms with Gasteiger partial charge in [-0.05, 0) is 48.7 Å². The van der Waals surface area contributed by atoms with Crippen molar-refractivity contribution in [2.75, 3.05) is 0 Å². The lowest BCUT2D eigenvalue weighted by molar-refractivity contribution is 0.594. The molecule has 1 unspecified atom stereocenters. The zero-order valence-electron chi connectivity index (χ0n) is 14.0. The van der Waals surface area contributed by atoms with Crippen molar-refractivity contribution in [2.24, 2.45) is 4.99 Å². The first kappa shape index (κ1) is 15.7. The van der Waals surface area contributed by atoms with Crippen molar-refractivity contribution in [3.05, 3.63) is 87.9 Å². The lowest BCUT2D eigenvalue weighted by atomic mass is 10.0. The second kappa shape index (κ2) is 5.50. The van der Waals surface area contributed by atoms with Gasteiger partial charge in [0.15, 0.2) is 9.84 Å². The van der Waals surface area contributed by atoms with Crippen molar-refractivity contribution < 1.29 is 8.42 Å². The highest BCUT2D eigenvalue weighted by Crippen LogP contribution is 2.32. The van der Waals surface area contributed by atoms with Crippen LogP contribution in [-0.2, 0) is 9.84 Å². The van der Waals surface area contributed by atoms with E-state index < -0.39 is 15.1 Å². The molecule has 2 heterocycles. The van der Waals surface area contributed by atoms with Crippen molar-refractivity contribution in [1.82, 2.24) is 0 Å². The van der Waals surface area contributed by atoms with Gasteiger partial charge in [-0.1, -0.05) is 30.4 Å². The third kappa shape index (κ3) is 2.24. The fraction of sp³-hybridized carbons (Fsp3) is 0.0952. The zero-order valence-corrected chi connectivity index (χ0v) is 15.6. The van der Waals surface area contributed by atoms with Gasteiger partial charge in [0.05, 0.1) is 15.9 Å². The van der Waals surface area contributed by atoms with Crippen LogP contribution in [0.25, 0.3) is 15.7 Å². The molecule has 5 rings (SSSR count). The van der Waals surface area contributed by atoms with E-state index in [0.717, 1.165) is 31.9 Å². The summed E-state index contributed by atoms with van der Waals surface area (Å²) in [5.41, 5.74) is 1.54. The molecule has 2 aliphatic rings. The number of sulfone groups is 1. The van der Waals surface area contributed by atoms with E-state index in [2.05, 4.69) is 25.1 Å². The van der Waals surface area contributed by atoms with E-state index in [1.807, 2.05) is 12.1 Å². The topological polar surface area (TPSA) is 46.5 Å². The molecule has 26 heavy (non-hydrogen) atoms. The van der Waals surface area contributed by atoms with Gasteiger partial charge in [0.1, 0.15) is 5.25 Å². The maximum atomic E-state index is 13.3. The fourth-order valence-electron chi connectivity index (χ4n) is 3.63. The number of aryl methyl sites for hydroxylation is 1. The average molecular weight is 377 g/mol. The van der Waals surface area contributed by atoms with E-state index in [1.54, 1.807) is 47.8 Å². The highest BCUT2D eigenvalue weighted by atomic mass is 32.2. The van der Waals surface area contributed by atoms with E-state index in [1.165, 1.54) is 4.88 Å². The van der Waals surface area contributed by atoms with E-state index in [0.29, 0.717) is 4.90 Å². The molecule has 1 aliphatic carbocycles. The van der Waals surface area contributed by atoms with Crippen LogP contribution in [0.15, 0.2) is 82.3 Å². The Morgan fingerprint density at radius 2 is 1.88 bits per heavy atom. The lowest BCUT2D eigenvalue weighted by Crippen LogP contribution is -2.30. The molecule has 0 saturated carbocycles. The van der Waals surface area contributed by atoms with Crippen molar-refractivity contribution in [3.63, 3.8) is 0 Å². The van der Waals surface area contributed by atoms with Gasteiger partial charge in [-0.2, -0.15) is 0 Å². The SMILES string of the molecule is Cc1cc2cc3c(cc2s1)=C1C(=CC=CC1S(=O)(=O)c1ccccc1)N=3. The van der Waals surface area contributed by atoms with Crippen LogP contribution >= 0.6 is 11.3 Å². The van der Waals surface area contributed by atoms with Gasteiger partial charge in [-0.3, -0.25) is 0 Å². The Morgan fingerprint density at radius 1 is 1.08 bits per heavy atom. The molecule has 0 radical (unpaired) electrons. The van der Waals surface area contributed by atoms with Crippen LogP contribution in [0.3, 0.4) is 0 Å². The minimum absolute atomic E-state index is 0.338. The standard InChI is InChI=1S/C21H15NO2S2/c1-13-10-14-11-18-16(12-19(14)25-13)21-17(22-18)8-5-9-20(21)26(23,24)15-6-3-2-4-7-15/h2-12,20H,1H3. The normalized spacial score (nSPS) is 18.4. The first-order chi connectivity index (χ1) is 12.5. The molecule has 5 heteroatoms. The van der Waals surface area contributed by atoms with Gasteiger partial charge in [0.2, 0.25) is 0 Å². The van der Waals surface area contributed by atoms with Crippen LogP contribution in [0, 0.1) is 6.92 Å². The smallest absolute Gasteiger partial charge is 0.189 e. The van der Waals surface area contributed by atoms with Crippen molar-refractivity contribution in [2.45, 2.75) is 17.1 Å². The molecule has 0 N–H and O–H groups in total. The van der Waals surface area contributed by atoms with Crippen LogP contribution in [0.4, 0.5) is 0 Å².